The van der Waals surface area contributed by atoms with Crippen LogP contribution in [0.4, 0.5) is 0 Å². The van der Waals surface area contributed by atoms with E-state index in [1.54, 1.807) is 24.1 Å². The van der Waals surface area contributed by atoms with Gasteiger partial charge < -0.3 is 19.7 Å². The molecule has 0 spiro atoms. The summed E-state index contributed by atoms with van der Waals surface area (Å²) >= 11 is 0. The molecule has 2 aromatic heterocycles. The maximum Gasteiger partial charge on any atom is 0.172 e. The molecule has 1 atom stereocenters. The molecule has 0 radical (unpaired) electrons. The van der Waals surface area contributed by atoms with Gasteiger partial charge in [0.25, 0.3) is 0 Å². The summed E-state index contributed by atoms with van der Waals surface area (Å²) in [6, 6.07) is 11.3. The Morgan fingerprint density at radius 2 is 2.13 bits per heavy atom. The van der Waals surface area contributed by atoms with Gasteiger partial charge in [-0.2, -0.15) is 0 Å². The Morgan fingerprint density at radius 1 is 1.20 bits per heavy atom. The molecule has 9 heteroatoms. The quantitative estimate of drug-likeness (QED) is 0.388. The first kappa shape index (κ1) is 20.0. The van der Waals surface area contributed by atoms with Gasteiger partial charge >= 0.3 is 0 Å². The Hall–Kier alpha value is -3.30. The second kappa shape index (κ2) is 9.47. The van der Waals surface area contributed by atoms with Crippen LogP contribution in [-0.4, -0.2) is 55.1 Å². The maximum absolute atomic E-state index is 10.3. The molecule has 0 bridgehead atoms. The lowest BCUT2D eigenvalue weighted by molar-refractivity contribution is 0.181. The topological polar surface area (TPSA) is 103 Å². The van der Waals surface area contributed by atoms with Crippen LogP contribution < -0.4 is 5.32 Å². The Labute approximate surface area is 174 Å². The first-order valence-corrected chi connectivity index (χ1v) is 9.92. The van der Waals surface area contributed by atoms with Crippen LogP contribution in [0.15, 0.2) is 55.1 Å². The molecule has 0 saturated carbocycles. The molecule has 4 aromatic rings. The Morgan fingerprint density at radius 3 is 2.97 bits per heavy atom. The summed E-state index contributed by atoms with van der Waals surface area (Å²) in [5, 5.41) is 28.0. The van der Waals surface area contributed by atoms with E-state index in [9.17, 15) is 5.11 Å². The van der Waals surface area contributed by atoms with Crippen LogP contribution >= 0.6 is 0 Å². The predicted molar refractivity (Wildman–Crippen MR) is 112 cm³/mol. The van der Waals surface area contributed by atoms with Crippen LogP contribution in [0, 0.1) is 0 Å². The van der Waals surface area contributed by atoms with Gasteiger partial charge in [0, 0.05) is 31.4 Å². The van der Waals surface area contributed by atoms with E-state index >= 15 is 0 Å². The summed E-state index contributed by atoms with van der Waals surface area (Å²) in [6.45, 7) is 2.71. The minimum Gasteiger partial charge on any atom is -0.507 e. The fourth-order valence-electron chi connectivity index (χ4n) is 3.49. The molecule has 0 aliphatic heterocycles. The van der Waals surface area contributed by atoms with Gasteiger partial charge in [-0.05, 0) is 46.5 Å². The third-order valence-electron chi connectivity index (χ3n) is 5.04. The number of aromatic hydroxyl groups is 1. The predicted octanol–water partition coefficient (Wildman–Crippen LogP) is 2.14. The first-order valence-electron chi connectivity index (χ1n) is 9.92. The molecule has 0 fully saturated rings. The van der Waals surface area contributed by atoms with Crippen LogP contribution in [-0.2, 0) is 17.8 Å². The number of nitrogens with zero attached hydrogens (tertiary/aromatic N) is 6. The van der Waals surface area contributed by atoms with E-state index in [0.29, 0.717) is 19.0 Å². The molecule has 1 unspecified atom stereocenters. The van der Waals surface area contributed by atoms with E-state index in [2.05, 4.69) is 25.8 Å². The smallest absolute Gasteiger partial charge is 0.172 e. The van der Waals surface area contributed by atoms with Gasteiger partial charge in [0.2, 0.25) is 0 Å². The second-order valence-electron chi connectivity index (χ2n) is 7.05. The van der Waals surface area contributed by atoms with Crippen molar-refractivity contribution in [2.24, 2.45) is 0 Å². The average Bonchev–Trinajstić information content (AvgIpc) is 3.45. The fourth-order valence-corrected chi connectivity index (χ4v) is 3.49. The van der Waals surface area contributed by atoms with Gasteiger partial charge in [-0.15, -0.1) is 5.10 Å². The van der Waals surface area contributed by atoms with Crippen molar-refractivity contribution < 1.29 is 9.84 Å². The van der Waals surface area contributed by atoms with Crippen LogP contribution in [0.25, 0.3) is 10.8 Å². The summed E-state index contributed by atoms with van der Waals surface area (Å²) in [6.07, 6.45) is 6.47. The maximum atomic E-state index is 10.3. The molecular formula is C21H25N7O2. The fraction of sp³-hybridized carbons (Fsp3) is 0.333. The van der Waals surface area contributed by atoms with Gasteiger partial charge in [0.15, 0.2) is 5.82 Å². The lowest BCUT2D eigenvalue weighted by Crippen LogP contribution is -2.28. The molecule has 4 rings (SSSR count). The van der Waals surface area contributed by atoms with Crippen molar-refractivity contribution >= 4 is 10.8 Å². The minimum absolute atomic E-state index is 0.219. The first-order chi connectivity index (χ1) is 14.8. The summed E-state index contributed by atoms with van der Waals surface area (Å²) in [5.74, 6) is 0.969. The summed E-state index contributed by atoms with van der Waals surface area (Å²) in [5.41, 5.74) is 0.986. The highest BCUT2D eigenvalue weighted by Gasteiger charge is 2.21. The SMILES string of the molecule is COCCn1nnnc1C(NCCCn1ccnc1)c1ccc2cccc(O)c2c1. The molecule has 2 heterocycles. The number of hydrogen-bond donors (Lipinski definition) is 2. The van der Waals surface area contributed by atoms with Crippen molar-refractivity contribution in [3.05, 3.63) is 66.5 Å². The van der Waals surface area contributed by atoms with Crippen molar-refractivity contribution in [3.8, 4) is 5.75 Å². The summed E-state index contributed by atoms with van der Waals surface area (Å²) < 4.78 is 9.00. The molecule has 0 amide bonds. The molecule has 2 aromatic carbocycles. The van der Waals surface area contributed by atoms with Crippen molar-refractivity contribution in [1.82, 2.24) is 35.1 Å². The number of methoxy groups -OCH3 is 1. The van der Waals surface area contributed by atoms with E-state index in [0.717, 1.165) is 35.8 Å². The number of tetrazole rings is 1. The average molecular weight is 407 g/mol. The number of benzene rings is 2. The van der Waals surface area contributed by atoms with Gasteiger partial charge in [0.05, 0.1) is 25.5 Å². The van der Waals surface area contributed by atoms with Gasteiger partial charge in [-0.3, -0.25) is 0 Å². The van der Waals surface area contributed by atoms with Gasteiger partial charge in [-0.25, -0.2) is 9.67 Å². The minimum atomic E-state index is -0.219. The van der Waals surface area contributed by atoms with Crippen molar-refractivity contribution in [2.75, 3.05) is 20.3 Å². The zero-order chi connectivity index (χ0) is 20.8. The van der Waals surface area contributed by atoms with Crippen LogP contribution in [0.2, 0.25) is 0 Å². The van der Waals surface area contributed by atoms with E-state index in [1.165, 1.54) is 0 Å². The Kier molecular flexibility index (Phi) is 6.31. The monoisotopic (exact) mass is 407 g/mol. The lowest BCUT2D eigenvalue weighted by Gasteiger charge is -2.19. The van der Waals surface area contributed by atoms with Crippen LogP contribution in [0.1, 0.15) is 23.9 Å². The van der Waals surface area contributed by atoms with E-state index in [-0.39, 0.29) is 11.8 Å². The molecule has 9 nitrogen and oxygen atoms in total. The lowest BCUT2D eigenvalue weighted by atomic mass is 10.0. The van der Waals surface area contributed by atoms with E-state index in [4.69, 9.17) is 4.74 Å². The number of fused-ring (bicyclic) bond motifs is 1. The largest absolute Gasteiger partial charge is 0.507 e. The molecule has 0 saturated heterocycles. The number of aromatic nitrogens is 6. The second-order valence-corrected chi connectivity index (χ2v) is 7.05. The number of phenolic OH excluding ortho intramolecular Hbond substituents is 1. The van der Waals surface area contributed by atoms with Crippen molar-refractivity contribution in [3.63, 3.8) is 0 Å². The standard InChI is InChI=1S/C21H25N7O2/c1-30-13-12-28-21(24-25-26-28)20(23-8-3-10-27-11-9-22-15-27)17-7-6-16-4-2-5-19(29)18(16)14-17/h2,4-7,9,11,14-15,20,23,29H,3,8,10,12-13H2,1H3. The van der Waals surface area contributed by atoms with E-state index in [1.807, 2.05) is 47.4 Å². The van der Waals surface area contributed by atoms with E-state index < -0.39 is 0 Å². The number of hydrogen-bond acceptors (Lipinski definition) is 7. The van der Waals surface area contributed by atoms with Crippen LogP contribution in [0.3, 0.4) is 0 Å². The highest BCUT2D eigenvalue weighted by atomic mass is 16.5. The highest BCUT2D eigenvalue weighted by molar-refractivity contribution is 5.88. The van der Waals surface area contributed by atoms with Crippen molar-refractivity contribution in [1.29, 1.82) is 0 Å². The number of nitrogens with one attached hydrogen (secondary N) is 1. The number of imidazole rings is 1. The third kappa shape index (κ3) is 4.47. The zero-order valence-corrected chi connectivity index (χ0v) is 16.8. The molecule has 156 valence electrons. The van der Waals surface area contributed by atoms with Crippen molar-refractivity contribution in [2.45, 2.75) is 25.6 Å². The summed E-state index contributed by atoms with van der Waals surface area (Å²) in [4.78, 5) is 4.08. The number of phenols is 1. The van der Waals surface area contributed by atoms with Crippen LogP contribution in [0.5, 0.6) is 5.75 Å². The molecule has 0 aliphatic rings. The highest BCUT2D eigenvalue weighted by Crippen LogP contribution is 2.29. The molecule has 30 heavy (non-hydrogen) atoms. The normalized spacial score (nSPS) is 12.4. The molecule has 2 N–H and O–H groups in total. The molecule has 0 aliphatic carbocycles. The molecular weight excluding hydrogens is 382 g/mol. The van der Waals surface area contributed by atoms with Gasteiger partial charge in [0.1, 0.15) is 5.75 Å². The Balaban J connectivity index is 1.60. The number of aryl methyl sites for hydroxylation is 1. The zero-order valence-electron chi connectivity index (χ0n) is 16.8. The van der Waals surface area contributed by atoms with Gasteiger partial charge in [-0.1, -0.05) is 24.3 Å². The number of ether oxygens (including phenoxy) is 1. The Bertz CT molecular complexity index is 1080. The number of rotatable bonds is 10. The third-order valence-corrected chi connectivity index (χ3v) is 5.04. The summed E-state index contributed by atoms with van der Waals surface area (Å²) in [7, 11) is 1.65.